The molecule has 0 fully saturated rings. The Hall–Kier alpha value is -3.48. The lowest BCUT2D eigenvalue weighted by atomic mass is 10.0. The fourth-order valence-electron chi connectivity index (χ4n) is 4.05. The molecular formula is C25H15N3OS2. The van der Waals surface area contributed by atoms with Crippen molar-refractivity contribution < 1.29 is 4.42 Å². The van der Waals surface area contributed by atoms with E-state index in [9.17, 15) is 0 Å². The minimum Gasteiger partial charge on any atom is -0.417 e. The van der Waals surface area contributed by atoms with Crippen LogP contribution >= 0.6 is 24.4 Å². The van der Waals surface area contributed by atoms with Gasteiger partial charge in [0.2, 0.25) is 11.5 Å². The van der Waals surface area contributed by atoms with Crippen molar-refractivity contribution in [1.29, 1.82) is 0 Å². The zero-order chi connectivity index (χ0) is 21.1. The summed E-state index contributed by atoms with van der Waals surface area (Å²) in [5.74, 6) is 1.26. The molecule has 0 radical (unpaired) electrons. The Morgan fingerprint density at radius 1 is 0.839 bits per heavy atom. The topological polar surface area (TPSA) is 43.9 Å². The fraction of sp³-hybridized carbons (Fsp3) is 0.0400. The van der Waals surface area contributed by atoms with Crippen molar-refractivity contribution in [1.82, 2.24) is 14.5 Å². The van der Waals surface area contributed by atoms with E-state index in [1.807, 2.05) is 60.2 Å². The Morgan fingerprint density at radius 2 is 1.45 bits per heavy atom. The number of aromatic nitrogens is 3. The van der Waals surface area contributed by atoms with Gasteiger partial charge < -0.3 is 8.98 Å². The van der Waals surface area contributed by atoms with Crippen molar-refractivity contribution in [2.45, 2.75) is 0 Å². The molecule has 2 heterocycles. The number of allylic oxidation sites excluding steroid dienone is 1. The molecule has 0 amide bonds. The lowest BCUT2D eigenvalue weighted by molar-refractivity contribution is 0.579. The van der Waals surface area contributed by atoms with Crippen molar-refractivity contribution in [3.05, 3.63) is 89.3 Å². The van der Waals surface area contributed by atoms with Gasteiger partial charge in [-0.05, 0) is 22.9 Å². The number of nitrogens with zero attached hydrogens (tertiary/aromatic N) is 3. The Morgan fingerprint density at radius 3 is 2.06 bits per heavy atom. The summed E-state index contributed by atoms with van der Waals surface area (Å²) < 4.78 is 7.88. The Balaban J connectivity index is 1.42. The highest BCUT2D eigenvalue weighted by Gasteiger charge is 2.28. The van der Waals surface area contributed by atoms with E-state index in [2.05, 4.69) is 34.2 Å². The van der Waals surface area contributed by atoms with Crippen molar-refractivity contribution >= 4 is 62.4 Å². The molecule has 0 saturated carbocycles. The van der Waals surface area contributed by atoms with Gasteiger partial charge in [0.05, 0.1) is 9.73 Å². The Labute approximate surface area is 188 Å². The smallest absolute Gasteiger partial charge is 0.267 e. The minimum absolute atomic E-state index is 0.449. The van der Waals surface area contributed by atoms with Crippen molar-refractivity contribution in [3.63, 3.8) is 0 Å². The van der Waals surface area contributed by atoms with E-state index in [1.165, 1.54) is 0 Å². The van der Waals surface area contributed by atoms with Crippen LogP contribution in [0.4, 0.5) is 0 Å². The zero-order valence-corrected chi connectivity index (χ0v) is 18.1. The molecule has 0 aliphatic heterocycles. The number of rotatable bonds is 2. The predicted molar refractivity (Wildman–Crippen MR) is 132 cm³/mol. The second-order valence-electron chi connectivity index (χ2n) is 7.50. The summed E-state index contributed by atoms with van der Waals surface area (Å²) in [6.45, 7) is 0. The molecule has 2 aromatic heterocycles. The molecule has 31 heavy (non-hydrogen) atoms. The monoisotopic (exact) mass is 437 g/mol. The standard InChI is InChI=1S/C25H15N3OS2/c1-28-23(14-7-3-2-4-8-14)27-25-24(28)26-20(29-25)13-19-21(30)17-11-15-9-5-6-10-16(15)12-18(17)22(19)31/h2-13H,1H3. The van der Waals surface area contributed by atoms with Crippen LogP contribution in [0.15, 0.2) is 76.7 Å². The summed E-state index contributed by atoms with van der Waals surface area (Å²) in [6, 6.07) is 22.4. The van der Waals surface area contributed by atoms with E-state index in [-0.39, 0.29) is 0 Å². The first kappa shape index (κ1) is 18.3. The van der Waals surface area contributed by atoms with E-state index in [1.54, 1.807) is 0 Å². The third kappa shape index (κ3) is 2.80. The molecule has 1 aliphatic carbocycles. The number of oxazole rings is 1. The minimum atomic E-state index is 0.449. The maximum Gasteiger partial charge on any atom is 0.267 e. The van der Waals surface area contributed by atoms with Crippen LogP contribution in [0.25, 0.3) is 39.6 Å². The second-order valence-corrected chi connectivity index (χ2v) is 8.32. The Kier molecular flexibility index (Phi) is 4.00. The summed E-state index contributed by atoms with van der Waals surface area (Å²) >= 11 is 11.5. The van der Waals surface area contributed by atoms with Crippen LogP contribution < -0.4 is 0 Å². The van der Waals surface area contributed by atoms with Crippen LogP contribution in [-0.4, -0.2) is 24.3 Å². The molecule has 148 valence electrons. The van der Waals surface area contributed by atoms with Gasteiger partial charge in [-0.3, -0.25) is 0 Å². The summed E-state index contributed by atoms with van der Waals surface area (Å²) in [7, 11) is 1.93. The highest BCUT2D eigenvalue weighted by Crippen LogP contribution is 2.33. The summed E-state index contributed by atoms with van der Waals surface area (Å²) in [5, 5.41) is 2.29. The van der Waals surface area contributed by atoms with Gasteiger partial charge in [0.25, 0.3) is 5.71 Å². The van der Waals surface area contributed by atoms with Gasteiger partial charge in [0.15, 0.2) is 0 Å². The van der Waals surface area contributed by atoms with E-state index in [0.29, 0.717) is 17.3 Å². The summed E-state index contributed by atoms with van der Waals surface area (Å²) in [5.41, 5.74) is 4.97. The van der Waals surface area contributed by atoms with Crippen LogP contribution in [0.1, 0.15) is 17.0 Å². The van der Waals surface area contributed by atoms with Gasteiger partial charge in [0.1, 0.15) is 5.82 Å². The summed E-state index contributed by atoms with van der Waals surface area (Å²) in [6.07, 6.45) is 1.83. The first-order valence-corrected chi connectivity index (χ1v) is 10.6. The van der Waals surface area contributed by atoms with E-state index >= 15 is 0 Å². The molecule has 4 nitrogen and oxygen atoms in total. The van der Waals surface area contributed by atoms with Gasteiger partial charge in [-0.2, -0.15) is 9.97 Å². The molecule has 0 atom stereocenters. The fourth-order valence-corrected chi connectivity index (χ4v) is 4.78. The molecule has 0 saturated heterocycles. The molecule has 1 aliphatic rings. The average Bonchev–Trinajstić information content (AvgIpc) is 3.41. The SMILES string of the molecule is Cn1c(-c2ccccc2)nc2oc(C=C3C(=S)c4cc5ccccc5cc4C3=S)nc21. The van der Waals surface area contributed by atoms with Crippen molar-refractivity contribution in [2.24, 2.45) is 7.05 Å². The molecule has 3 aromatic carbocycles. The predicted octanol–water partition coefficient (Wildman–Crippen LogP) is 5.91. The number of aryl methyl sites for hydroxylation is 1. The maximum atomic E-state index is 5.95. The number of imidazole rings is 1. The molecule has 6 heteroatoms. The van der Waals surface area contributed by atoms with Gasteiger partial charge in [0, 0.05) is 35.4 Å². The maximum absolute atomic E-state index is 5.95. The highest BCUT2D eigenvalue weighted by atomic mass is 32.1. The number of fused-ring (bicyclic) bond motifs is 3. The molecular weight excluding hydrogens is 422 g/mol. The normalized spacial score (nSPS) is 13.4. The molecule has 0 bridgehead atoms. The van der Waals surface area contributed by atoms with Gasteiger partial charge in [-0.25, -0.2) is 0 Å². The van der Waals surface area contributed by atoms with E-state index in [4.69, 9.17) is 28.9 Å². The first-order valence-electron chi connectivity index (χ1n) is 9.83. The zero-order valence-electron chi connectivity index (χ0n) is 16.5. The number of hydrogen-bond donors (Lipinski definition) is 0. The van der Waals surface area contributed by atoms with Crippen LogP contribution in [-0.2, 0) is 7.05 Å². The van der Waals surface area contributed by atoms with E-state index in [0.717, 1.165) is 48.6 Å². The van der Waals surface area contributed by atoms with Crippen molar-refractivity contribution in [3.8, 4) is 11.4 Å². The number of benzene rings is 3. The molecule has 0 spiro atoms. The number of thiocarbonyl (C=S) groups is 2. The third-order valence-electron chi connectivity index (χ3n) is 5.62. The largest absolute Gasteiger partial charge is 0.417 e. The highest BCUT2D eigenvalue weighted by molar-refractivity contribution is 7.84. The summed E-state index contributed by atoms with van der Waals surface area (Å²) in [4.78, 5) is 10.7. The van der Waals surface area contributed by atoms with Crippen LogP contribution in [0.5, 0.6) is 0 Å². The molecule has 5 aromatic rings. The van der Waals surface area contributed by atoms with Crippen LogP contribution in [0, 0.1) is 0 Å². The molecule has 6 rings (SSSR count). The lowest BCUT2D eigenvalue weighted by Crippen LogP contribution is -1.98. The molecule has 0 N–H and O–H groups in total. The quantitative estimate of drug-likeness (QED) is 0.254. The average molecular weight is 438 g/mol. The first-order chi connectivity index (χ1) is 15.1. The van der Waals surface area contributed by atoms with Gasteiger partial charge in [-0.15, -0.1) is 0 Å². The van der Waals surface area contributed by atoms with Crippen LogP contribution in [0.2, 0.25) is 0 Å². The van der Waals surface area contributed by atoms with E-state index < -0.39 is 0 Å². The lowest BCUT2D eigenvalue weighted by Gasteiger charge is -2.02. The van der Waals surface area contributed by atoms with Crippen molar-refractivity contribution in [2.75, 3.05) is 0 Å². The van der Waals surface area contributed by atoms with Gasteiger partial charge in [-0.1, -0.05) is 79.0 Å². The Bertz CT molecular complexity index is 1520. The van der Waals surface area contributed by atoms with Gasteiger partial charge >= 0.3 is 0 Å². The second kappa shape index (κ2) is 6.77. The third-order valence-corrected chi connectivity index (χ3v) is 6.50. The molecule has 0 unspecified atom stereocenters. The number of hydrogen-bond acceptors (Lipinski definition) is 5. The van der Waals surface area contributed by atoms with Crippen LogP contribution in [0.3, 0.4) is 0 Å².